The fourth-order valence-electron chi connectivity index (χ4n) is 4.16. The summed E-state index contributed by atoms with van der Waals surface area (Å²) in [7, 11) is 0. The molecule has 4 heterocycles. The second-order valence-electron chi connectivity index (χ2n) is 6.56. The Balaban J connectivity index is 1.60. The number of rotatable bonds is 1. The molecule has 24 heavy (non-hydrogen) atoms. The summed E-state index contributed by atoms with van der Waals surface area (Å²) in [5.74, 6) is 0.0927. The molecule has 1 spiro atoms. The van der Waals surface area contributed by atoms with Crippen molar-refractivity contribution in [3.8, 4) is 0 Å². The highest BCUT2D eigenvalue weighted by molar-refractivity contribution is 5.92. The number of carbonyl (C=O) groups excluding carboxylic acids is 2. The summed E-state index contributed by atoms with van der Waals surface area (Å²) >= 11 is 0. The van der Waals surface area contributed by atoms with Crippen LogP contribution in [-0.4, -0.2) is 56.2 Å². The number of carbonyl (C=O) groups is 2. The lowest BCUT2D eigenvalue weighted by Gasteiger charge is -2.50. The molecule has 1 saturated heterocycles. The number of hydrogen-bond acceptors (Lipinski definition) is 3. The molecule has 7 heteroatoms. The summed E-state index contributed by atoms with van der Waals surface area (Å²) in [5, 5.41) is 0. The summed E-state index contributed by atoms with van der Waals surface area (Å²) < 4.78 is 0. The molecule has 2 aromatic rings. The van der Waals surface area contributed by atoms with Crippen LogP contribution in [-0.2, 0) is 16.8 Å². The molecule has 0 saturated carbocycles. The van der Waals surface area contributed by atoms with Crippen molar-refractivity contribution in [3.63, 3.8) is 0 Å². The van der Waals surface area contributed by atoms with Gasteiger partial charge in [0.1, 0.15) is 5.69 Å². The Bertz CT molecular complexity index is 756. The zero-order valence-corrected chi connectivity index (χ0v) is 13.7. The van der Waals surface area contributed by atoms with Gasteiger partial charge in [0.25, 0.3) is 5.91 Å². The van der Waals surface area contributed by atoms with E-state index in [0.717, 1.165) is 30.7 Å². The van der Waals surface area contributed by atoms with Gasteiger partial charge in [-0.25, -0.2) is 4.98 Å². The maximum absolute atomic E-state index is 12.5. The highest BCUT2D eigenvalue weighted by Crippen LogP contribution is 2.42. The van der Waals surface area contributed by atoms with Gasteiger partial charge in [0.2, 0.25) is 5.91 Å². The van der Waals surface area contributed by atoms with Gasteiger partial charge in [-0.2, -0.15) is 0 Å². The molecule has 2 amide bonds. The average Bonchev–Trinajstić information content (AvgIpc) is 3.27. The lowest BCUT2D eigenvalue weighted by Crippen LogP contribution is -2.58. The molecule has 2 N–H and O–H groups in total. The van der Waals surface area contributed by atoms with E-state index < -0.39 is 0 Å². The third kappa shape index (κ3) is 2.15. The molecule has 0 radical (unpaired) electrons. The van der Waals surface area contributed by atoms with Crippen LogP contribution in [0.15, 0.2) is 24.7 Å². The number of piperidine rings is 1. The quantitative estimate of drug-likeness (QED) is 0.827. The number of imidazole rings is 1. The van der Waals surface area contributed by atoms with Gasteiger partial charge in [0, 0.05) is 44.9 Å². The van der Waals surface area contributed by atoms with Crippen LogP contribution in [0.3, 0.4) is 0 Å². The molecular formula is C17H21N5O2. The number of likely N-dealkylation sites (tertiary alicyclic amines) is 1. The van der Waals surface area contributed by atoms with Crippen LogP contribution in [0.5, 0.6) is 0 Å². The van der Waals surface area contributed by atoms with Gasteiger partial charge in [-0.1, -0.05) is 0 Å². The standard InChI is InChI=1S/C17H21N5O2/c1-12(23)22-8-4-13-15(20-11-19-13)17(22)5-9-21(10-6-17)16(24)14-3-2-7-18-14/h2-3,7,11,18H,4-6,8-10H2,1H3,(H,19,20). The van der Waals surface area contributed by atoms with E-state index >= 15 is 0 Å². The first-order valence-electron chi connectivity index (χ1n) is 8.35. The third-order valence-corrected chi connectivity index (χ3v) is 5.35. The smallest absolute Gasteiger partial charge is 0.270 e. The Morgan fingerprint density at radius 2 is 2.00 bits per heavy atom. The topological polar surface area (TPSA) is 85.1 Å². The number of nitrogens with one attached hydrogen (secondary N) is 2. The molecule has 0 aliphatic carbocycles. The molecule has 4 rings (SSSR count). The molecule has 2 aliphatic heterocycles. The van der Waals surface area contributed by atoms with Gasteiger partial charge in [0.15, 0.2) is 0 Å². The zero-order chi connectivity index (χ0) is 16.7. The molecular weight excluding hydrogens is 306 g/mol. The predicted octanol–water partition coefficient (Wildman–Crippen LogP) is 1.27. The first kappa shape index (κ1) is 15.0. The Kier molecular flexibility index (Phi) is 3.44. The van der Waals surface area contributed by atoms with Gasteiger partial charge in [0.05, 0.1) is 17.6 Å². The van der Waals surface area contributed by atoms with E-state index in [4.69, 9.17) is 0 Å². The van der Waals surface area contributed by atoms with Gasteiger partial charge < -0.3 is 19.8 Å². The maximum atomic E-state index is 12.5. The lowest BCUT2D eigenvalue weighted by molar-refractivity contribution is -0.139. The average molecular weight is 327 g/mol. The second kappa shape index (κ2) is 5.51. The fourth-order valence-corrected chi connectivity index (χ4v) is 4.16. The van der Waals surface area contributed by atoms with E-state index in [-0.39, 0.29) is 17.4 Å². The molecule has 126 valence electrons. The molecule has 7 nitrogen and oxygen atoms in total. The molecule has 0 bridgehead atoms. The van der Waals surface area contributed by atoms with Crippen molar-refractivity contribution in [3.05, 3.63) is 41.7 Å². The van der Waals surface area contributed by atoms with Gasteiger partial charge in [-0.3, -0.25) is 9.59 Å². The van der Waals surface area contributed by atoms with Crippen molar-refractivity contribution in [1.82, 2.24) is 24.8 Å². The minimum atomic E-state index is -0.383. The number of fused-ring (bicyclic) bond motifs is 2. The van der Waals surface area contributed by atoms with Crippen molar-refractivity contribution >= 4 is 11.8 Å². The summed E-state index contributed by atoms with van der Waals surface area (Å²) in [5.41, 5.74) is 2.33. The van der Waals surface area contributed by atoms with Crippen LogP contribution in [0, 0.1) is 0 Å². The van der Waals surface area contributed by atoms with Crippen molar-refractivity contribution in [2.24, 2.45) is 0 Å². The number of nitrogens with zero attached hydrogens (tertiary/aromatic N) is 3. The minimum Gasteiger partial charge on any atom is -0.357 e. The summed E-state index contributed by atoms with van der Waals surface area (Å²) in [4.78, 5) is 39.3. The van der Waals surface area contributed by atoms with E-state index in [1.807, 2.05) is 15.9 Å². The lowest BCUT2D eigenvalue weighted by atomic mass is 9.78. The monoisotopic (exact) mass is 327 g/mol. The van der Waals surface area contributed by atoms with E-state index in [0.29, 0.717) is 25.3 Å². The number of hydrogen-bond donors (Lipinski definition) is 2. The number of amides is 2. The second-order valence-corrected chi connectivity index (χ2v) is 6.56. The maximum Gasteiger partial charge on any atom is 0.270 e. The molecule has 0 aromatic carbocycles. The summed E-state index contributed by atoms with van der Waals surface area (Å²) in [6.07, 6.45) is 5.72. The van der Waals surface area contributed by atoms with Crippen LogP contribution >= 0.6 is 0 Å². The Morgan fingerprint density at radius 3 is 2.67 bits per heavy atom. The SMILES string of the molecule is CC(=O)N1CCc2[nH]cnc2C12CCN(C(=O)c1ccc[nH]1)CC2. The summed E-state index contributed by atoms with van der Waals surface area (Å²) in [6.45, 7) is 3.56. The van der Waals surface area contributed by atoms with Gasteiger partial charge >= 0.3 is 0 Å². The molecule has 2 aliphatic rings. The number of aromatic amines is 2. The van der Waals surface area contributed by atoms with Crippen molar-refractivity contribution < 1.29 is 9.59 Å². The number of H-pyrrole nitrogens is 2. The van der Waals surface area contributed by atoms with E-state index in [1.165, 1.54) is 0 Å². The Morgan fingerprint density at radius 1 is 1.21 bits per heavy atom. The van der Waals surface area contributed by atoms with Crippen molar-refractivity contribution in [2.75, 3.05) is 19.6 Å². The van der Waals surface area contributed by atoms with Crippen molar-refractivity contribution in [2.45, 2.75) is 31.7 Å². The zero-order valence-electron chi connectivity index (χ0n) is 13.7. The number of aromatic nitrogens is 3. The predicted molar refractivity (Wildman–Crippen MR) is 87.3 cm³/mol. The first-order valence-corrected chi connectivity index (χ1v) is 8.35. The molecule has 1 fully saturated rings. The van der Waals surface area contributed by atoms with E-state index in [9.17, 15) is 9.59 Å². The minimum absolute atomic E-state index is 0.0160. The van der Waals surface area contributed by atoms with E-state index in [1.54, 1.807) is 25.5 Å². The normalized spacial score (nSPS) is 19.4. The van der Waals surface area contributed by atoms with Crippen LogP contribution in [0.4, 0.5) is 0 Å². The fraction of sp³-hybridized carbons (Fsp3) is 0.471. The molecule has 0 atom stereocenters. The van der Waals surface area contributed by atoms with Crippen LogP contribution in [0.1, 0.15) is 41.6 Å². The van der Waals surface area contributed by atoms with Gasteiger partial charge in [-0.05, 0) is 25.0 Å². The third-order valence-electron chi connectivity index (χ3n) is 5.35. The van der Waals surface area contributed by atoms with Gasteiger partial charge in [-0.15, -0.1) is 0 Å². The first-order chi connectivity index (χ1) is 11.6. The van der Waals surface area contributed by atoms with Crippen LogP contribution < -0.4 is 0 Å². The molecule has 2 aromatic heterocycles. The Labute approximate surface area is 140 Å². The largest absolute Gasteiger partial charge is 0.357 e. The van der Waals surface area contributed by atoms with Crippen LogP contribution in [0.25, 0.3) is 0 Å². The Hall–Kier alpha value is -2.57. The van der Waals surface area contributed by atoms with Crippen molar-refractivity contribution in [1.29, 1.82) is 0 Å². The highest BCUT2D eigenvalue weighted by Gasteiger charge is 2.48. The summed E-state index contributed by atoms with van der Waals surface area (Å²) in [6, 6.07) is 3.62. The molecule has 0 unspecified atom stereocenters. The van der Waals surface area contributed by atoms with Crippen LogP contribution in [0.2, 0.25) is 0 Å². The van der Waals surface area contributed by atoms with E-state index in [2.05, 4.69) is 15.0 Å². The highest BCUT2D eigenvalue weighted by atomic mass is 16.2.